The number of nitrogens with zero attached hydrogens (tertiary/aromatic N) is 3. The molecule has 1 amide bonds. The van der Waals surface area contributed by atoms with Gasteiger partial charge in [0.1, 0.15) is 0 Å². The minimum Gasteiger partial charge on any atom is -0.330 e. The van der Waals surface area contributed by atoms with Crippen molar-refractivity contribution in [2.45, 2.75) is 31.1 Å². The van der Waals surface area contributed by atoms with E-state index >= 15 is 0 Å². The molecule has 0 aliphatic carbocycles. The van der Waals surface area contributed by atoms with Crippen LogP contribution in [0.4, 0.5) is 0 Å². The van der Waals surface area contributed by atoms with Crippen LogP contribution in [0.25, 0.3) is 0 Å². The predicted octanol–water partition coefficient (Wildman–Crippen LogP) is 2.92. The average Bonchev–Trinajstić information content (AvgIpc) is 3.31. The Balaban J connectivity index is 1.58. The highest BCUT2D eigenvalue weighted by atomic mass is 32.2. The van der Waals surface area contributed by atoms with Gasteiger partial charge in [0.15, 0.2) is 5.16 Å². The molecular weight excluding hydrogens is 380 g/mol. The highest BCUT2D eigenvalue weighted by Crippen LogP contribution is 2.38. The zero-order valence-corrected chi connectivity index (χ0v) is 16.6. The largest absolute Gasteiger partial charge is 0.343 e. The molecule has 0 saturated carbocycles. The second-order valence-electron chi connectivity index (χ2n) is 6.29. The number of carbonyl (C=O) groups is 1. The van der Waals surface area contributed by atoms with Crippen LogP contribution in [0.2, 0.25) is 0 Å². The van der Waals surface area contributed by atoms with Crippen LogP contribution in [-0.2, 0) is 17.8 Å². The zero-order chi connectivity index (χ0) is 18.8. The van der Waals surface area contributed by atoms with E-state index in [0.29, 0.717) is 18.2 Å². The predicted molar refractivity (Wildman–Crippen MR) is 107 cm³/mol. The molecule has 0 radical (unpaired) electrons. The quantitative estimate of drug-likeness (QED) is 0.669. The third-order valence-electron chi connectivity index (χ3n) is 4.77. The molecular formula is C19H20N4O2S2. The van der Waals surface area contributed by atoms with Gasteiger partial charge in [0.2, 0.25) is 5.91 Å². The molecule has 8 heteroatoms. The lowest BCUT2D eigenvalue weighted by Gasteiger charge is -2.36. The molecule has 6 nitrogen and oxygen atoms in total. The summed E-state index contributed by atoms with van der Waals surface area (Å²) in [6.45, 7) is 3.12. The number of nitrogens with one attached hydrogen (secondary N) is 1. The molecule has 0 spiro atoms. The summed E-state index contributed by atoms with van der Waals surface area (Å²) >= 11 is 3.07. The van der Waals surface area contributed by atoms with E-state index in [4.69, 9.17) is 0 Å². The van der Waals surface area contributed by atoms with Crippen LogP contribution in [0.1, 0.15) is 29.0 Å². The van der Waals surface area contributed by atoms with Gasteiger partial charge in [-0.15, -0.1) is 16.4 Å². The first-order valence-electron chi connectivity index (χ1n) is 8.87. The standard InChI is InChI=1S/C19H20N4O2S2/c1-2-22-18(25)20-21-19(22)27-12-16(24)23-10-8-15-14(9-11-26-15)17(23)13-6-4-3-5-7-13/h3-7,9,11,17H,2,8,10,12H2,1H3,(H,20,25). The van der Waals surface area contributed by atoms with Crippen LogP contribution in [0.15, 0.2) is 51.7 Å². The normalized spacial score (nSPS) is 16.3. The monoisotopic (exact) mass is 400 g/mol. The molecule has 27 heavy (non-hydrogen) atoms. The van der Waals surface area contributed by atoms with Gasteiger partial charge in [0, 0.05) is 18.0 Å². The first-order chi connectivity index (χ1) is 13.2. The fraction of sp³-hybridized carbons (Fsp3) is 0.316. The van der Waals surface area contributed by atoms with Crippen molar-refractivity contribution >= 4 is 29.0 Å². The van der Waals surface area contributed by atoms with Gasteiger partial charge in [0.25, 0.3) is 0 Å². The number of aromatic nitrogens is 3. The van der Waals surface area contributed by atoms with Gasteiger partial charge in [0.05, 0.1) is 11.8 Å². The maximum Gasteiger partial charge on any atom is 0.343 e. The molecule has 2 aromatic heterocycles. The van der Waals surface area contributed by atoms with Crippen molar-refractivity contribution in [3.05, 3.63) is 68.3 Å². The summed E-state index contributed by atoms with van der Waals surface area (Å²) in [7, 11) is 0. The van der Waals surface area contributed by atoms with Gasteiger partial charge >= 0.3 is 5.69 Å². The van der Waals surface area contributed by atoms with E-state index in [1.165, 1.54) is 22.2 Å². The number of hydrogen-bond donors (Lipinski definition) is 1. The Morgan fingerprint density at radius 1 is 1.33 bits per heavy atom. The zero-order valence-electron chi connectivity index (χ0n) is 14.9. The molecule has 4 rings (SSSR count). The van der Waals surface area contributed by atoms with E-state index in [-0.39, 0.29) is 23.4 Å². The van der Waals surface area contributed by atoms with Crippen molar-refractivity contribution in [2.75, 3.05) is 12.3 Å². The molecule has 3 aromatic rings. The molecule has 1 aliphatic rings. The molecule has 3 heterocycles. The van der Waals surface area contributed by atoms with Crippen molar-refractivity contribution in [3.8, 4) is 0 Å². The summed E-state index contributed by atoms with van der Waals surface area (Å²) in [5.41, 5.74) is 2.11. The summed E-state index contributed by atoms with van der Waals surface area (Å²) in [4.78, 5) is 28.1. The SMILES string of the molecule is CCn1c(SCC(=O)N2CCc3sccc3C2c2ccccc2)n[nH]c1=O. The average molecular weight is 401 g/mol. The molecule has 0 fully saturated rings. The van der Waals surface area contributed by atoms with Crippen LogP contribution in [0, 0.1) is 0 Å². The topological polar surface area (TPSA) is 71.0 Å². The van der Waals surface area contributed by atoms with Gasteiger partial charge in [-0.25, -0.2) is 9.89 Å². The Morgan fingerprint density at radius 2 is 2.15 bits per heavy atom. The molecule has 1 N–H and O–H groups in total. The third-order valence-corrected chi connectivity index (χ3v) is 6.72. The van der Waals surface area contributed by atoms with Gasteiger partial charge < -0.3 is 4.90 Å². The minimum atomic E-state index is -0.240. The highest BCUT2D eigenvalue weighted by molar-refractivity contribution is 7.99. The first-order valence-corrected chi connectivity index (χ1v) is 10.7. The Morgan fingerprint density at radius 3 is 2.93 bits per heavy atom. The number of aromatic amines is 1. The number of rotatable bonds is 5. The van der Waals surface area contributed by atoms with Crippen LogP contribution in [0.5, 0.6) is 0 Å². The smallest absolute Gasteiger partial charge is 0.330 e. The third kappa shape index (κ3) is 3.46. The summed E-state index contributed by atoms with van der Waals surface area (Å²) < 4.78 is 1.54. The summed E-state index contributed by atoms with van der Waals surface area (Å²) in [6, 6.07) is 12.2. The summed E-state index contributed by atoms with van der Waals surface area (Å²) in [6.07, 6.45) is 0.884. The van der Waals surface area contributed by atoms with Crippen molar-refractivity contribution in [1.29, 1.82) is 0 Å². The summed E-state index contributed by atoms with van der Waals surface area (Å²) in [5, 5.41) is 9.14. The second kappa shape index (κ2) is 7.74. The lowest BCUT2D eigenvalue weighted by molar-refractivity contribution is -0.130. The Hall–Kier alpha value is -2.32. The number of carbonyl (C=O) groups excluding carboxylic acids is 1. The van der Waals surface area contributed by atoms with Crippen molar-refractivity contribution in [3.63, 3.8) is 0 Å². The maximum atomic E-state index is 13.1. The van der Waals surface area contributed by atoms with Crippen LogP contribution in [-0.4, -0.2) is 37.9 Å². The second-order valence-corrected chi connectivity index (χ2v) is 8.24. The van der Waals surface area contributed by atoms with E-state index in [2.05, 4.69) is 33.8 Å². The molecule has 140 valence electrons. The molecule has 1 aromatic carbocycles. The number of H-pyrrole nitrogens is 1. The fourth-order valence-electron chi connectivity index (χ4n) is 3.48. The number of fused-ring (bicyclic) bond motifs is 1. The highest BCUT2D eigenvalue weighted by Gasteiger charge is 2.32. The van der Waals surface area contributed by atoms with Gasteiger partial charge in [-0.05, 0) is 35.9 Å². The Labute approximate surface area is 165 Å². The lowest BCUT2D eigenvalue weighted by atomic mass is 9.93. The number of thiophene rings is 1. The van der Waals surface area contributed by atoms with Crippen LogP contribution < -0.4 is 5.69 Å². The Bertz CT molecular complexity index is 993. The van der Waals surface area contributed by atoms with Gasteiger partial charge in [-0.1, -0.05) is 42.1 Å². The first kappa shape index (κ1) is 18.1. The van der Waals surface area contributed by atoms with Crippen LogP contribution >= 0.6 is 23.1 Å². The Kier molecular flexibility index (Phi) is 5.18. The molecule has 1 unspecified atom stereocenters. The van der Waals surface area contributed by atoms with E-state index in [9.17, 15) is 9.59 Å². The van der Waals surface area contributed by atoms with E-state index in [1.807, 2.05) is 30.0 Å². The number of benzene rings is 1. The molecule has 0 bridgehead atoms. The van der Waals surface area contributed by atoms with Crippen LogP contribution in [0.3, 0.4) is 0 Å². The number of thioether (sulfide) groups is 1. The molecule has 0 saturated heterocycles. The number of amides is 1. The molecule has 1 atom stereocenters. The van der Waals surface area contributed by atoms with Crippen molar-refractivity contribution in [2.24, 2.45) is 0 Å². The lowest BCUT2D eigenvalue weighted by Crippen LogP contribution is -2.41. The molecule has 1 aliphatic heterocycles. The van der Waals surface area contributed by atoms with E-state index < -0.39 is 0 Å². The summed E-state index contributed by atoms with van der Waals surface area (Å²) in [5.74, 6) is 0.316. The van der Waals surface area contributed by atoms with Gasteiger partial charge in [-0.2, -0.15) is 0 Å². The minimum absolute atomic E-state index is 0.0538. The van der Waals surface area contributed by atoms with E-state index in [1.54, 1.807) is 15.9 Å². The van der Waals surface area contributed by atoms with Crippen molar-refractivity contribution in [1.82, 2.24) is 19.7 Å². The van der Waals surface area contributed by atoms with Crippen molar-refractivity contribution < 1.29 is 4.79 Å². The van der Waals surface area contributed by atoms with Gasteiger partial charge in [-0.3, -0.25) is 9.36 Å². The maximum absolute atomic E-state index is 13.1. The van der Waals surface area contributed by atoms with E-state index in [0.717, 1.165) is 12.0 Å². The number of hydrogen-bond acceptors (Lipinski definition) is 5. The fourth-order valence-corrected chi connectivity index (χ4v) is 5.28.